The highest BCUT2D eigenvalue weighted by atomic mass is 14.3. The summed E-state index contributed by atoms with van der Waals surface area (Å²) in [7, 11) is 4.87. The molecule has 0 aromatic heterocycles. The molecule has 0 aromatic rings. The summed E-state index contributed by atoms with van der Waals surface area (Å²) >= 11 is 0. The fraction of sp³-hybridized carbons (Fsp3) is 1.00. The van der Waals surface area contributed by atoms with Crippen LogP contribution in [0.2, 0.25) is 5.21 Å². The lowest BCUT2D eigenvalue weighted by Gasteiger charge is -2.40. The van der Waals surface area contributed by atoms with E-state index in [2.05, 4.69) is 22.6 Å². The molecule has 0 saturated heterocycles. The average molecular weight is 190 g/mol. The fourth-order valence-corrected chi connectivity index (χ4v) is 3.50. The summed E-state index contributed by atoms with van der Waals surface area (Å²) in [4.78, 5) is 0. The Kier molecular flexibility index (Phi) is 3.00. The highest BCUT2D eigenvalue weighted by Gasteiger charge is 2.32. The molecule has 0 heterocycles. The highest BCUT2D eigenvalue weighted by Crippen LogP contribution is 2.45. The molecule has 2 bridgehead atoms. The molecule has 3 rings (SSSR count). The molecule has 3 aliphatic carbocycles. The quantitative estimate of drug-likeness (QED) is 0.554. The summed E-state index contributed by atoms with van der Waals surface area (Å²) < 4.78 is 0. The molecule has 3 aliphatic rings. The van der Waals surface area contributed by atoms with E-state index in [0.717, 1.165) is 17.8 Å². The van der Waals surface area contributed by atoms with Gasteiger partial charge < -0.3 is 0 Å². The van der Waals surface area contributed by atoms with Crippen LogP contribution in [0.25, 0.3) is 0 Å². The molecule has 0 radical (unpaired) electrons. The fourth-order valence-electron chi connectivity index (χ4n) is 3.50. The van der Waals surface area contributed by atoms with E-state index < -0.39 is 0 Å². The molecule has 1 unspecified atom stereocenters. The monoisotopic (exact) mass is 190 g/mol. The van der Waals surface area contributed by atoms with Crippen molar-refractivity contribution in [3.8, 4) is 0 Å². The first-order chi connectivity index (χ1) is 6.55. The van der Waals surface area contributed by atoms with Crippen molar-refractivity contribution in [1.29, 1.82) is 0 Å². The lowest BCUT2D eigenvalue weighted by molar-refractivity contribution is 0.169. The first kappa shape index (κ1) is 10.6. The third-order valence-corrected chi connectivity index (χ3v) is 4.73. The summed E-state index contributed by atoms with van der Waals surface area (Å²) in [6.07, 6.45) is 10.7. The van der Waals surface area contributed by atoms with Crippen LogP contribution in [0.1, 0.15) is 51.9 Å². The molecule has 3 fully saturated rings. The van der Waals surface area contributed by atoms with Crippen molar-refractivity contribution in [3.05, 3.63) is 0 Å². The van der Waals surface area contributed by atoms with Crippen molar-refractivity contribution < 1.29 is 0 Å². The van der Waals surface area contributed by atoms with Gasteiger partial charge in [-0.1, -0.05) is 50.7 Å². The van der Waals surface area contributed by atoms with E-state index in [1.165, 1.54) is 32.1 Å². The topological polar surface area (TPSA) is 0 Å². The first-order valence-electron chi connectivity index (χ1n) is 6.55. The maximum atomic E-state index is 2.44. The van der Waals surface area contributed by atoms with Gasteiger partial charge in [0.1, 0.15) is 0 Å². The summed E-state index contributed by atoms with van der Waals surface area (Å²) in [6, 6.07) is 0. The Morgan fingerprint density at radius 3 is 1.93 bits per heavy atom. The van der Waals surface area contributed by atoms with E-state index in [4.69, 9.17) is 0 Å². The van der Waals surface area contributed by atoms with Gasteiger partial charge in [0.25, 0.3) is 0 Å². The lowest BCUT2D eigenvalue weighted by Crippen LogP contribution is -2.29. The Hall–Kier alpha value is 0.130. The molecule has 14 heavy (non-hydrogen) atoms. The molecule has 0 aromatic carbocycles. The van der Waals surface area contributed by atoms with Gasteiger partial charge in [0, 0.05) is 0 Å². The Balaban J connectivity index is 2.01. The molecule has 3 saturated carbocycles. The van der Waals surface area contributed by atoms with Crippen molar-refractivity contribution in [1.82, 2.24) is 0 Å². The van der Waals surface area contributed by atoms with Crippen LogP contribution >= 0.6 is 0 Å². The summed E-state index contributed by atoms with van der Waals surface area (Å²) in [5.74, 6) is 3.17. The van der Waals surface area contributed by atoms with Gasteiger partial charge in [0.2, 0.25) is 0 Å². The van der Waals surface area contributed by atoms with Gasteiger partial charge in [-0.05, 0) is 24.2 Å². The third-order valence-electron chi connectivity index (χ3n) is 4.73. The van der Waals surface area contributed by atoms with Gasteiger partial charge in [-0.25, -0.2) is 0 Å². The molecule has 0 aliphatic heterocycles. The van der Waals surface area contributed by atoms with Crippen molar-refractivity contribution in [2.45, 2.75) is 57.1 Å². The van der Waals surface area contributed by atoms with Crippen LogP contribution in [0.3, 0.4) is 0 Å². The second-order valence-corrected chi connectivity index (χ2v) is 6.76. The van der Waals surface area contributed by atoms with E-state index in [9.17, 15) is 0 Å². The molecule has 0 spiro atoms. The van der Waals surface area contributed by atoms with Gasteiger partial charge in [-0.15, -0.1) is 0 Å². The van der Waals surface area contributed by atoms with Crippen LogP contribution in [0, 0.1) is 17.8 Å². The standard InChI is InChI=1S/C12H24B2/c1-12(13,14)11-7-6-9-2-4-10(8-11)5-3-9/h9-11H,2-8,13-14H2,1H3. The SMILES string of the molecule is BC(B)(C)C1CCC2CCC(CC2)C1. The smallest absolute Gasteiger partial charge is 0.0845 e. The van der Waals surface area contributed by atoms with E-state index in [-0.39, 0.29) is 0 Å². The zero-order valence-corrected chi connectivity index (χ0v) is 10.2. The van der Waals surface area contributed by atoms with Crippen LogP contribution in [0.5, 0.6) is 0 Å². The second kappa shape index (κ2) is 3.94. The van der Waals surface area contributed by atoms with Crippen molar-refractivity contribution >= 4 is 15.7 Å². The molecule has 0 nitrogen and oxygen atoms in total. The molecule has 2 heteroatoms. The van der Waals surface area contributed by atoms with Crippen molar-refractivity contribution in [2.24, 2.45) is 17.8 Å². The molecule has 0 amide bonds. The zero-order chi connectivity index (χ0) is 10.2. The Morgan fingerprint density at radius 1 is 0.857 bits per heavy atom. The first-order valence-corrected chi connectivity index (χ1v) is 6.55. The van der Waals surface area contributed by atoms with E-state index >= 15 is 0 Å². The van der Waals surface area contributed by atoms with E-state index in [1.54, 1.807) is 12.8 Å². The third kappa shape index (κ3) is 2.38. The Morgan fingerprint density at radius 2 is 1.36 bits per heavy atom. The molecule has 78 valence electrons. The predicted octanol–water partition coefficient (Wildman–Crippen LogP) is 2.00. The highest BCUT2D eigenvalue weighted by molar-refractivity contribution is 6.39. The normalized spacial score (nSPS) is 39.1. The van der Waals surface area contributed by atoms with Gasteiger partial charge in [-0.3, -0.25) is 0 Å². The number of hydrogen-bond acceptors (Lipinski definition) is 0. The minimum atomic E-state index is 0.553. The summed E-state index contributed by atoms with van der Waals surface area (Å²) in [5, 5.41) is 0.553. The molecular formula is C12H24B2. The average Bonchev–Trinajstić information content (AvgIpc) is 2.03. The van der Waals surface area contributed by atoms with Gasteiger partial charge in [0.05, 0.1) is 15.7 Å². The molecule has 0 N–H and O–H groups in total. The van der Waals surface area contributed by atoms with Crippen LogP contribution in [0.4, 0.5) is 0 Å². The largest absolute Gasteiger partial charge is 0.0992 e. The van der Waals surface area contributed by atoms with Crippen LogP contribution < -0.4 is 0 Å². The van der Waals surface area contributed by atoms with Gasteiger partial charge in [-0.2, -0.15) is 0 Å². The Labute approximate surface area is 91.0 Å². The summed E-state index contributed by atoms with van der Waals surface area (Å²) in [5.41, 5.74) is 0. The maximum Gasteiger partial charge on any atom is 0.0992 e. The number of fused-ring (bicyclic) bond motifs is 5. The predicted molar refractivity (Wildman–Crippen MR) is 68.2 cm³/mol. The Bertz CT molecular complexity index is 187. The molecular weight excluding hydrogens is 166 g/mol. The van der Waals surface area contributed by atoms with Crippen LogP contribution in [-0.2, 0) is 0 Å². The van der Waals surface area contributed by atoms with E-state index in [0.29, 0.717) is 5.21 Å². The maximum absolute atomic E-state index is 2.44. The minimum absolute atomic E-state index is 0.553. The van der Waals surface area contributed by atoms with Gasteiger partial charge >= 0.3 is 0 Å². The van der Waals surface area contributed by atoms with Crippen LogP contribution in [-0.4, -0.2) is 15.7 Å². The molecule has 1 atom stereocenters. The van der Waals surface area contributed by atoms with Crippen molar-refractivity contribution in [3.63, 3.8) is 0 Å². The number of hydrogen-bond donors (Lipinski definition) is 0. The van der Waals surface area contributed by atoms with E-state index in [1.807, 2.05) is 0 Å². The zero-order valence-electron chi connectivity index (χ0n) is 10.2. The van der Waals surface area contributed by atoms with Crippen LogP contribution in [0.15, 0.2) is 0 Å². The number of rotatable bonds is 1. The second-order valence-electron chi connectivity index (χ2n) is 6.76. The summed E-state index contributed by atoms with van der Waals surface area (Å²) in [6.45, 7) is 2.44. The lowest BCUT2D eigenvalue weighted by atomic mass is 9.46. The minimum Gasteiger partial charge on any atom is -0.0845 e. The van der Waals surface area contributed by atoms with Gasteiger partial charge in [0.15, 0.2) is 0 Å². The van der Waals surface area contributed by atoms with Crippen molar-refractivity contribution in [2.75, 3.05) is 0 Å².